The number of aromatic nitrogens is 1. The Labute approximate surface area is 276 Å². The zero-order valence-electron chi connectivity index (χ0n) is 24.9. The van der Waals surface area contributed by atoms with E-state index in [4.69, 9.17) is 32.7 Å². The largest absolute Gasteiger partial charge is 0.464 e. The first-order valence-corrected chi connectivity index (χ1v) is 15.7. The molecule has 0 bridgehead atoms. The lowest BCUT2D eigenvalue weighted by atomic mass is 9.99. The third-order valence-corrected chi connectivity index (χ3v) is 8.50. The number of aromatic amines is 1. The molecule has 1 aliphatic rings. The first kappa shape index (κ1) is 31.4. The van der Waals surface area contributed by atoms with Crippen LogP contribution in [0.5, 0.6) is 0 Å². The van der Waals surface area contributed by atoms with Gasteiger partial charge in [-0.3, -0.25) is 9.59 Å². The quantitative estimate of drug-likeness (QED) is 0.135. The average molecular weight is 657 g/mol. The van der Waals surface area contributed by atoms with E-state index < -0.39 is 36.0 Å². The zero-order chi connectivity index (χ0) is 32.2. The van der Waals surface area contributed by atoms with Gasteiger partial charge in [0.1, 0.15) is 12.1 Å². The molecular formula is C36H31Cl2N3O5. The Morgan fingerprint density at radius 3 is 2.48 bits per heavy atom. The van der Waals surface area contributed by atoms with E-state index in [-0.39, 0.29) is 19.6 Å². The van der Waals surface area contributed by atoms with Crippen LogP contribution in [0, 0.1) is 0 Å². The topological polar surface area (TPSA) is 101 Å². The molecule has 0 fully saturated rings. The van der Waals surface area contributed by atoms with Gasteiger partial charge in [0.15, 0.2) is 0 Å². The molecule has 4 aromatic carbocycles. The van der Waals surface area contributed by atoms with Gasteiger partial charge in [0.25, 0.3) is 11.8 Å². The second-order valence-electron chi connectivity index (χ2n) is 10.9. The van der Waals surface area contributed by atoms with Gasteiger partial charge in [0.05, 0.1) is 18.8 Å². The molecule has 46 heavy (non-hydrogen) atoms. The van der Waals surface area contributed by atoms with Crippen LogP contribution < -0.4 is 10.2 Å². The molecule has 6 rings (SSSR count). The van der Waals surface area contributed by atoms with Crippen LogP contribution in [-0.4, -0.2) is 41.5 Å². The Hall–Kier alpha value is -4.63. The number of hydrogen-bond donors (Lipinski definition) is 2. The minimum atomic E-state index is -1.64. The van der Waals surface area contributed by atoms with Crippen molar-refractivity contribution in [1.82, 2.24) is 10.3 Å². The predicted octanol–water partition coefficient (Wildman–Crippen LogP) is 6.79. The number of hydrogen-bond acceptors (Lipinski definition) is 5. The molecule has 2 N–H and O–H groups in total. The number of para-hydroxylation sites is 1. The number of esters is 1. The fourth-order valence-corrected chi connectivity index (χ4v) is 6.16. The lowest BCUT2D eigenvalue weighted by Crippen LogP contribution is -2.53. The molecule has 2 amide bonds. The maximum Gasteiger partial charge on any atom is 0.328 e. The van der Waals surface area contributed by atoms with Gasteiger partial charge < -0.3 is 24.7 Å². The average Bonchev–Trinajstić information content (AvgIpc) is 3.42. The van der Waals surface area contributed by atoms with Crippen LogP contribution in [0.15, 0.2) is 103 Å². The molecule has 8 nitrogen and oxygen atoms in total. The number of carbonyl (C=O) groups is 3. The standard InChI is InChI=1S/C36H31Cl2N3O5/c1-2-45-36(44)30(18-23-20-39-29-15-9-7-12-25(23)29)40-34(42)33-35(43)41(21-22-10-4-3-5-11-22)31-17-16-24(37)19-27(31)32(46-33)26-13-6-8-14-28(26)38/h3-17,19-20,30,32-33,39H,2,18,21H2,1H3,(H,40,42). The Bertz CT molecular complexity index is 1890. The third-order valence-electron chi connectivity index (χ3n) is 7.92. The molecule has 0 radical (unpaired) electrons. The normalized spacial score (nSPS) is 16.8. The minimum Gasteiger partial charge on any atom is -0.464 e. The van der Waals surface area contributed by atoms with Gasteiger partial charge in [-0.2, -0.15) is 0 Å². The molecule has 1 aliphatic heterocycles. The van der Waals surface area contributed by atoms with Crippen molar-refractivity contribution < 1.29 is 23.9 Å². The van der Waals surface area contributed by atoms with Gasteiger partial charge in [-0.05, 0) is 48.4 Å². The highest BCUT2D eigenvalue weighted by Gasteiger charge is 2.42. The molecule has 0 spiro atoms. The third kappa shape index (κ3) is 6.51. The van der Waals surface area contributed by atoms with Crippen molar-refractivity contribution in [3.63, 3.8) is 0 Å². The van der Waals surface area contributed by atoms with Gasteiger partial charge in [0.2, 0.25) is 6.10 Å². The second kappa shape index (κ2) is 13.8. The number of halogens is 2. The smallest absolute Gasteiger partial charge is 0.328 e. The summed E-state index contributed by atoms with van der Waals surface area (Å²) in [7, 11) is 0. The van der Waals surface area contributed by atoms with E-state index in [0.29, 0.717) is 26.9 Å². The lowest BCUT2D eigenvalue weighted by Gasteiger charge is -2.26. The molecule has 3 unspecified atom stereocenters. The van der Waals surface area contributed by atoms with Crippen molar-refractivity contribution >= 4 is 57.6 Å². The van der Waals surface area contributed by atoms with E-state index in [2.05, 4.69) is 10.3 Å². The number of ether oxygens (including phenoxy) is 2. The number of fused-ring (bicyclic) bond motifs is 2. The fraction of sp³-hybridized carbons (Fsp3) is 0.194. The number of anilines is 1. The van der Waals surface area contributed by atoms with Crippen LogP contribution in [0.1, 0.15) is 35.3 Å². The molecule has 10 heteroatoms. The molecule has 0 aliphatic carbocycles. The van der Waals surface area contributed by atoms with Crippen LogP contribution in [0.25, 0.3) is 10.9 Å². The lowest BCUT2D eigenvalue weighted by molar-refractivity contribution is -0.152. The molecule has 234 valence electrons. The summed E-state index contributed by atoms with van der Waals surface area (Å²) in [5.41, 5.74) is 4.20. The zero-order valence-corrected chi connectivity index (χ0v) is 26.4. The van der Waals surface area contributed by atoms with Crippen LogP contribution >= 0.6 is 23.2 Å². The minimum absolute atomic E-state index is 0.119. The van der Waals surface area contributed by atoms with E-state index in [1.54, 1.807) is 55.6 Å². The number of benzene rings is 4. The summed E-state index contributed by atoms with van der Waals surface area (Å²) in [6, 6.07) is 28.2. The molecular weight excluding hydrogens is 625 g/mol. The van der Waals surface area contributed by atoms with Crippen molar-refractivity contribution in [2.24, 2.45) is 0 Å². The first-order valence-electron chi connectivity index (χ1n) is 14.9. The number of nitrogens with one attached hydrogen (secondary N) is 2. The molecule has 5 aromatic rings. The van der Waals surface area contributed by atoms with E-state index in [0.717, 1.165) is 22.0 Å². The summed E-state index contributed by atoms with van der Waals surface area (Å²) >= 11 is 13.1. The SMILES string of the molecule is CCOC(=O)C(Cc1c[nH]c2ccccc12)NC(=O)C1OC(c2ccccc2Cl)c2cc(Cl)ccc2N(Cc2ccccc2)C1=O. The summed E-state index contributed by atoms with van der Waals surface area (Å²) in [5.74, 6) is -2.01. The van der Waals surface area contributed by atoms with Crippen molar-refractivity contribution in [3.8, 4) is 0 Å². The first-order chi connectivity index (χ1) is 22.3. The van der Waals surface area contributed by atoms with E-state index in [9.17, 15) is 14.4 Å². The fourth-order valence-electron chi connectivity index (χ4n) is 5.74. The number of nitrogens with zero attached hydrogens (tertiary/aromatic N) is 1. The molecule has 0 saturated carbocycles. The van der Waals surface area contributed by atoms with E-state index in [1.807, 2.05) is 54.6 Å². The van der Waals surface area contributed by atoms with Gasteiger partial charge in [0, 0.05) is 44.7 Å². The predicted molar refractivity (Wildman–Crippen MR) is 178 cm³/mol. The van der Waals surface area contributed by atoms with Crippen molar-refractivity contribution in [2.75, 3.05) is 11.5 Å². The highest BCUT2D eigenvalue weighted by Crippen LogP contribution is 2.42. The van der Waals surface area contributed by atoms with E-state index >= 15 is 0 Å². The number of carbonyl (C=O) groups excluding carboxylic acids is 3. The van der Waals surface area contributed by atoms with Crippen LogP contribution in [0.3, 0.4) is 0 Å². The maximum atomic E-state index is 14.4. The van der Waals surface area contributed by atoms with Crippen LogP contribution in [0.4, 0.5) is 5.69 Å². The van der Waals surface area contributed by atoms with Crippen molar-refractivity contribution in [1.29, 1.82) is 0 Å². The second-order valence-corrected chi connectivity index (χ2v) is 11.8. The van der Waals surface area contributed by atoms with Gasteiger partial charge in [-0.25, -0.2) is 4.79 Å². The molecule has 0 saturated heterocycles. The van der Waals surface area contributed by atoms with Crippen molar-refractivity contribution in [2.45, 2.75) is 38.1 Å². The summed E-state index contributed by atoms with van der Waals surface area (Å²) in [5, 5.41) is 4.51. The summed E-state index contributed by atoms with van der Waals surface area (Å²) in [6.07, 6.45) is -0.646. The van der Waals surface area contributed by atoms with Crippen LogP contribution in [-0.2, 0) is 36.8 Å². The number of rotatable bonds is 9. The van der Waals surface area contributed by atoms with Crippen LogP contribution in [0.2, 0.25) is 10.0 Å². The Morgan fingerprint density at radius 1 is 0.957 bits per heavy atom. The summed E-state index contributed by atoms with van der Waals surface area (Å²) < 4.78 is 11.8. The Balaban J connectivity index is 1.40. The monoisotopic (exact) mass is 655 g/mol. The molecule has 2 heterocycles. The van der Waals surface area contributed by atoms with Gasteiger partial charge in [-0.15, -0.1) is 0 Å². The Morgan fingerprint density at radius 2 is 1.70 bits per heavy atom. The van der Waals surface area contributed by atoms with E-state index in [1.165, 1.54) is 4.90 Å². The molecule has 3 atom stereocenters. The number of H-pyrrole nitrogens is 1. The summed E-state index contributed by atoms with van der Waals surface area (Å²) in [6.45, 7) is 1.97. The van der Waals surface area contributed by atoms with Gasteiger partial charge >= 0.3 is 5.97 Å². The van der Waals surface area contributed by atoms with Crippen molar-refractivity contribution in [3.05, 3.63) is 136 Å². The highest BCUT2D eigenvalue weighted by atomic mass is 35.5. The highest BCUT2D eigenvalue weighted by molar-refractivity contribution is 6.31. The Kier molecular flexibility index (Phi) is 9.40. The molecule has 1 aromatic heterocycles. The van der Waals surface area contributed by atoms with Gasteiger partial charge in [-0.1, -0.05) is 89.9 Å². The summed E-state index contributed by atoms with van der Waals surface area (Å²) in [4.78, 5) is 46.5. The number of amides is 2. The maximum absolute atomic E-state index is 14.4.